The molecule has 1 aliphatic heterocycles. The predicted molar refractivity (Wildman–Crippen MR) is 99.1 cm³/mol. The molecular weight excluding hydrogens is 374 g/mol. The molecule has 1 amide bonds. The van der Waals surface area contributed by atoms with Crippen LogP contribution in [0.3, 0.4) is 0 Å². The Morgan fingerprint density at radius 1 is 1.35 bits per heavy atom. The van der Waals surface area contributed by atoms with Gasteiger partial charge >= 0.3 is 0 Å². The SMILES string of the molecule is CCN(C(=O)CSc1nnnn1-c1ccc(C)cc1)[C@H]1CCS(=O)(=O)C1. The number of amides is 1. The largest absolute Gasteiger partial charge is 0.338 e. The maximum Gasteiger partial charge on any atom is 0.233 e. The monoisotopic (exact) mass is 395 g/mol. The molecule has 2 heterocycles. The van der Waals surface area contributed by atoms with Crippen molar-refractivity contribution in [2.75, 3.05) is 23.8 Å². The normalized spacial score (nSPS) is 18.8. The molecule has 140 valence electrons. The summed E-state index contributed by atoms with van der Waals surface area (Å²) in [4.78, 5) is 14.2. The third-order valence-electron chi connectivity index (χ3n) is 4.35. The number of thioether (sulfide) groups is 1. The number of benzene rings is 1. The second kappa shape index (κ2) is 7.75. The summed E-state index contributed by atoms with van der Waals surface area (Å²) < 4.78 is 25.0. The number of rotatable bonds is 6. The molecule has 0 unspecified atom stereocenters. The van der Waals surface area contributed by atoms with Gasteiger partial charge in [0.2, 0.25) is 11.1 Å². The molecule has 3 rings (SSSR count). The van der Waals surface area contributed by atoms with E-state index in [-0.39, 0.29) is 29.2 Å². The van der Waals surface area contributed by atoms with Crippen LogP contribution in [0.5, 0.6) is 0 Å². The summed E-state index contributed by atoms with van der Waals surface area (Å²) in [5.74, 6) is 0.271. The van der Waals surface area contributed by atoms with Gasteiger partial charge in [-0.3, -0.25) is 4.79 Å². The van der Waals surface area contributed by atoms with E-state index < -0.39 is 9.84 Å². The first-order valence-corrected chi connectivity index (χ1v) is 11.2. The standard InChI is InChI=1S/C16H21N5O3S2/c1-3-20(14-8-9-26(23,24)11-14)15(22)10-25-16-17-18-19-21(16)13-6-4-12(2)5-7-13/h4-7,14H,3,8-11H2,1-2H3/t14-/m0/s1. The number of carbonyl (C=O) groups is 1. The number of nitrogens with zero attached hydrogens (tertiary/aromatic N) is 5. The van der Waals surface area contributed by atoms with E-state index >= 15 is 0 Å². The molecule has 1 fully saturated rings. The van der Waals surface area contributed by atoms with Crippen LogP contribution in [0.1, 0.15) is 18.9 Å². The molecule has 1 atom stereocenters. The highest BCUT2D eigenvalue weighted by atomic mass is 32.2. The first-order chi connectivity index (χ1) is 12.4. The summed E-state index contributed by atoms with van der Waals surface area (Å²) in [7, 11) is -3.03. The summed E-state index contributed by atoms with van der Waals surface area (Å²) in [6.07, 6.45) is 0.508. The Kier molecular flexibility index (Phi) is 5.61. The molecule has 0 aliphatic carbocycles. The molecule has 0 N–H and O–H groups in total. The van der Waals surface area contributed by atoms with Crippen molar-refractivity contribution in [3.8, 4) is 5.69 Å². The molecule has 1 aromatic heterocycles. The van der Waals surface area contributed by atoms with Gasteiger partial charge in [-0.05, 0) is 42.8 Å². The molecule has 8 nitrogen and oxygen atoms in total. The van der Waals surface area contributed by atoms with Crippen molar-refractivity contribution in [2.45, 2.75) is 31.5 Å². The van der Waals surface area contributed by atoms with Gasteiger partial charge in [-0.25, -0.2) is 8.42 Å². The summed E-state index contributed by atoms with van der Waals surface area (Å²) in [5.41, 5.74) is 1.96. The van der Waals surface area contributed by atoms with Crippen LogP contribution in [0.25, 0.3) is 5.69 Å². The van der Waals surface area contributed by atoms with Crippen LogP contribution in [-0.2, 0) is 14.6 Å². The molecule has 0 radical (unpaired) electrons. The second-order valence-corrected chi connectivity index (χ2v) is 9.41. The number of aryl methyl sites for hydroxylation is 1. The Bertz CT molecular complexity index is 880. The highest BCUT2D eigenvalue weighted by Crippen LogP contribution is 2.22. The van der Waals surface area contributed by atoms with Gasteiger partial charge in [0.05, 0.1) is 22.9 Å². The minimum absolute atomic E-state index is 0.0539. The number of hydrogen-bond donors (Lipinski definition) is 0. The number of sulfone groups is 1. The predicted octanol–water partition coefficient (Wildman–Crippen LogP) is 1.10. The number of aromatic nitrogens is 4. The van der Waals surface area contributed by atoms with E-state index in [9.17, 15) is 13.2 Å². The third kappa shape index (κ3) is 4.24. The van der Waals surface area contributed by atoms with Crippen LogP contribution < -0.4 is 0 Å². The van der Waals surface area contributed by atoms with Crippen molar-refractivity contribution in [3.63, 3.8) is 0 Å². The molecule has 0 bridgehead atoms. The van der Waals surface area contributed by atoms with Gasteiger partial charge < -0.3 is 4.90 Å². The van der Waals surface area contributed by atoms with Gasteiger partial charge in [-0.1, -0.05) is 29.5 Å². The number of tetrazole rings is 1. The average molecular weight is 396 g/mol. The fourth-order valence-corrected chi connectivity index (χ4v) is 5.49. The minimum atomic E-state index is -3.03. The van der Waals surface area contributed by atoms with Crippen LogP contribution in [0.4, 0.5) is 0 Å². The zero-order chi connectivity index (χ0) is 18.7. The Morgan fingerprint density at radius 2 is 2.08 bits per heavy atom. The van der Waals surface area contributed by atoms with E-state index in [4.69, 9.17) is 0 Å². The van der Waals surface area contributed by atoms with Crippen molar-refractivity contribution in [2.24, 2.45) is 0 Å². The lowest BCUT2D eigenvalue weighted by Gasteiger charge is -2.26. The fourth-order valence-electron chi connectivity index (χ4n) is 2.99. The van der Waals surface area contributed by atoms with Gasteiger partial charge in [-0.2, -0.15) is 4.68 Å². The van der Waals surface area contributed by atoms with E-state index in [0.717, 1.165) is 11.3 Å². The quantitative estimate of drug-likeness (QED) is 0.676. The van der Waals surface area contributed by atoms with Crippen molar-refractivity contribution >= 4 is 27.5 Å². The van der Waals surface area contributed by atoms with Gasteiger partial charge in [0.1, 0.15) is 0 Å². The zero-order valence-electron chi connectivity index (χ0n) is 14.7. The van der Waals surface area contributed by atoms with E-state index in [1.54, 1.807) is 9.58 Å². The maximum atomic E-state index is 12.6. The van der Waals surface area contributed by atoms with Gasteiger partial charge in [0, 0.05) is 12.6 Å². The number of hydrogen-bond acceptors (Lipinski definition) is 7. The van der Waals surface area contributed by atoms with Crippen molar-refractivity contribution in [1.82, 2.24) is 25.1 Å². The van der Waals surface area contributed by atoms with E-state index in [1.807, 2.05) is 38.1 Å². The van der Waals surface area contributed by atoms with E-state index in [0.29, 0.717) is 18.1 Å². The zero-order valence-corrected chi connectivity index (χ0v) is 16.3. The molecule has 0 spiro atoms. The van der Waals surface area contributed by atoms with Crippen LogP contribution >= 0.6 is 11.8 Å². The Hall–Kier alpha value is -1.94. The van der Waals surface area contributed by atoms with Gasteiger partial charge in [0.25, 0.3) is 0 Å². The minimum Gasteiger partial charge on any atom is -0.338 e. The maximum absolute atomic E-state index is 12.6. The molecule has 10 heteroatoms. The molecule has 26 heavy (non-hydrogen) atoms. The lowest BCUT2D eigenvalue weighted by atomic mass is 10.2. The summed E-state index contributed by atoms with van der Waals surface area (Å²) in [5, 5.41) is 12.2. The molecule has 0 saturated carbocycles. The second-order valence-electron chi connectivity index (χ2n) is 6.23. The van der Waals surface area contributed by atoms with Crippen molar-refractivity contribution in [1.29, 1.82) is 0 Å². The number of carbonyl (C=O) groups excluding carboxylic acids is 1. The van der Waals surface area contributed by atoms with Crippen LogP contribution in [0.2, 0.25) is 0 Å². The van der Waals surface area contributed by atoms with Crippen LogP contribution in [0, 0.1) is 6.92 Å². The first-order valence-electron chi connectivity index (χ1n) is 8.37. The third-order valence-corrected chi connectivity index (χ3v) is 7.01. The van der Waals surface area contributed by atoms with Crippen molar-refractivity contribution < 1.29 is 13.2 Å². The van der Waals surface area contributed by atoms with Crippen LogP contribution in [0.15, 0.2) is 29.4 Å². The molecule has 1 aromatic carbocycles. The van der Waals surface area contributed by atoms with E-state index in [1.165, 1.54) is 11.8 Å². The lowest BCUT2D eigenvalue weighted by Crippen LogP contribution is -2.42. The summed E-state index contributed by atoms with van der Waals surface area (Å²) in [6, 6.07) is 7.54. The smallest absolute Gasteiger partial charge is 0.233 e. The average Bonchev–Trinajstić information content (AvgIpc) is 3.21. The van der Waals surface area contributed by atoms with Crippen LogP contribution in [-0.4, -0.2) is 69.3 Å². The van der Waals surface area contributed by atoms with Gasteiger partial charge in [0.15, 0.2) is 9.84 Å². The highest BCUT2D eigenvalue weighted by Gasteiger charge is 2.33. The van der Waals surface area contributed by atoms with E-state index in [2.05, 4.69) is 15.5 Å². The highest BCUT2D eigenvalue weighted by molar-refractivity contribution is 7.99. The van der Waals surface area contributed by atoms with Gasteiger partial charge in [-0.15, -0.1) is 5.10 Å². The lowest BCUT2D eigenvalue weighted by molar-refractivity contribution is -0.129. The van der Waals surface area contributed by atoms with Crippen molar-refractivity contribution in [3.05, 3.63) is 29.8 Å². The molecule has 1 saturated heterocycles. The summed E-state index contributed by atoms with van der Waals surface area (Å²) in [6.45, 7) is 4.35. The summed E-state index contributed by atoms with van der Waals surface area (Å²) >= 11 is 1.25. The molecule has 2 aromatic rings. The topological polar surface area (TPSA) is 98.1 Å². The Morgan fingerprint density at radius 3 is 2.69 bits per heavy atom. The fraction of sp³-hybridized carbons (Fsp3) is 0.500. The molecule has 1 aliphatic rings. The molecular formula is C16H21N5O3S2. The Labute approximate surface area is 156 Å². The first kappa shape index (κ1) is 18.8. The Balaban J connectivity index is 1.66.